The van der Waals surface area contributed by atoms with Crippen LogP contribution in [0.1, 0.15) is 30.9 Å². The highest BCUT2D eigenvalue weighted by atomic mass is 19.4. The SMILES string of the molecule is CC(C)c1ccccc1-c1cc(O)cc(C(F)(F)F)c1. The first-order chi connectivity index (χ1) is 9.29. The summed E-state index contributed by atoms with van der Waals surface area (Å²) in [7, 11) is 0. The van der Waals surface area contributed by atoms with Crippen LogP contribution in [0.4, 0.5) is 13.2 Å². The lowest BCUT2D eigenvalue weighted by molar-refractivity contribution is -0.137. The van der Waals surface area contributed by atoms with Crippen LogP contribution in [0.2, 0.25) is 0 Å². The average molecular weight is 280 g/mol. The summed E-state index contributed by atoms with van der Waals surface area (Å²) in [5.74, 6) is -0.198. The molecule has 0 atom stereocenters. The molecule has 0 aliphatic heterocycles. The Morgan fingerprint density at radius 1 is 1.00 bits per heavy atom. The molecule has 0 unspecified atom stereocenters. The molecule has 0 aliphatic rings. The Morgan fingerprint density at radius 2 is 1.65 bits per heavy atom. The van der Waals surface area contributed by atoms with Crippen molar-refractivity contribution in [2.45, 2.75) is 25.9 Å². The van der Waals surface area contributed by atoms with E-state index < -0.39 is 11.7 Å². The molecule has 0 aromatic heterocycles. The van der Waals surface area contributed by atoms with Crippen molar-refractivity contribution in [1.82, 2.24) is 0 Å². The predicted molar refractivity (Wildman–Crippen MR) is 72.6 cm³/mol. The summed E-state index contributed by atoms with van der Waals surface area (Å²) in [6, 6.07) is 10.4. The molecule has 0 amide bonds. The second-order valence-corrected chi connectivity index (χ2v) is 5.01. The van der Waals surface area contributed by atoms with Crippen LogP contribution in [0.3, 0.4) is 0 Å². The zero-order valence-corrected chi connectivity index (χ0v) is 11.2. The van der Waals surface area contributed by atoms with Gasteiger partial charge < -0.3 is 5.11 Å². The summed E-state index contributed by atoms with van der Waals surface area (Å²) in [4.78, 5) is 0. The highest BCUT2D eigenvalue weighted by Crippen LogP contribution is 2.37. The Bertz CT molecular complexity index is 615. The van der Waals surface area contributed by atoms with Gasteiger partial charge in [-0.3, -0.25) is 0 Å². The Kier molecular flexibility index (Phi) is 3.75. The lowest BCUT2D eigenvalue weighted by Gasteiger charge is -2.15. The van der Waals surface area contributed by atoms with Crippen LogP contribution >= 0.6 is 0 Å². The van der Waals surface area contributed by atoms with E-state index in [1.165, 1.54) is 6.07 Å². The van der Waals surface area contributed by atoms with Gasteiger partial charge in [0.1, 0.15) is 5.75 Å². The van der Waals surface area contributed by atoms with Crippen molar-refractivity contribution in [3.05, 3.63) is 53.6 Å². The molecule has 2 aromatic rings. The van der Waals surface area contributed by atoms with E-state index in [4.69, 9.17) is 0 Å². The van der Waals surface area contributed by atoms with Gasteiger partial charge in [-0.15, -0.1) is 0 Å². The van der Waals surface area contributed by atoms with E-state index in [2.05, 4.69) is 0 Å². The van der Waals surface area contributed by atoms with E-state index in [0.717, 1.165) is 17.7 Å². The first kappa shape index (κ1) is 14.4. The lowest BCUT2D eigenvalue weighted by Crippen LogP contribution is -2.05. The molecule has 0 fully saturated rings. The van der Waals surface area contributed by atoms with Gasteiger partial charge in [-0.05, 0) is 40.8 Å². The van der Waals surface area contributed by atoms with Gasteiger partial charge in [0.15, 0.2) is 0 Å². The van der Waals surface area contributed by atoms with Gasteiger partial charge in [0.25, 0.3) is 0 Å². The van der Waals surface area contributed by atoms with E-state index in [1.54, 1.807) is 12.1 Å². The zero-order chi connectivity index (χ0) is 14.9. The minimum atomic E-state index is -4.47. The third-order valence-corrected chi connectivity index (χ3v) is 3.14. The summed E-state index contributed by atoms with van der Waals surface area (Å²) in [6.45, 7) is 3.96. The fourth-order valence-electron chi connectivity index (χ4n) is 2.19. The number of halogens is 3. The fourth-order valence-corrected chi connectivity index (χ4v) is 2.19. The molecule has 0 heterocycles. The van der Waals surface area contributed by atoms with E-state index >= 15 is 0 Å². The molecule has 0 spiro atoms. The van der Waals surface area contributed by atoms with Crippen LogP contribution < -0.4 is 0 Å². The summed E-state index contributed by atoms with van der Waals surface area (Å²) in [6.07, 6.45) is -4.47. The minimum absolute atomic E-state index is 0.183. The van der Waals surface area contributed by atoms with Gasteiger partial charge in [-0.25, -0.2) is 0 Å². The molecule has 0 aliphatic carbocycles. The quantitative estimate of drug-likeness (QED) is 0.801. The number of benzene rings is 2. The van der Waals surface area contributed by atoms with Crippen LogP contribution in [-0.4, -0.2) is 5.11 Å². The summed E-state index contributed by atoms with van der Waals surface area (Å²) in [5, 5.41) is 9.55. The topological polar surface area (TPSA) is 20.2 Å². The Morgan fingerprint density at radius 3 is 2.25 bits per heavy atom. The predicted octanol–water partition coefficient (Wildman–Crippen LogP) is 5.20. The van der Waals surface area contributed by atoms with E-state index in [0.29, 0.717) is 11.1 Å². The summed E-state index contributed by atoms with van der Waals surface area (Å²) >= 11 is 0. The van der Waals surface area contributed by atoms with E-state index in [9.17, 15) is 18.3 Å². The molecular formula is C16H15F3O. The van der Waals surface area contributed by atoms with Gasteiger partial charge in [0.2, 0.25) is 0 Å². The molecular weight excluding hydrogens is 265 g/mol. The third kappa shape index (κ3) is 2.95. The Labute approximate surface area is 115 Å². The lowest BCUT2D eigenvalue weighted by atomic mass is 9.92. The second kappa shape index (κ2) is 5.19. The normalized spacial score (nSPS) is 11.9. The van der Waals surface area contributed by atoms with E-state index in [1.807, 2.05) is 26.0 Å². The molecule has 4 heteroatoms. The number of aromatic hydroxyl groups is 1. The second-order valence-electron chi connectivity index (χ2n) is 5.01. The monoisotopic (exact) mass is 280 g/mol. The van der Waals surface area contributed by atoms with Crippen LogP contribution in [0.15, 0.2) is 42.5 Å². The fraction of sp³-hybridized carbons (Fsp3) is 0.250. The number of hydrogen-bond donors (Lipinski definition) is 1. The molecule has 106 valence electrons. The summed E-state index contributed by atoms with van der Waals surface area (Å²) < 4.78 is 38.4. The smallest absolute Gasteiger partial charge is 0.416 e. The number of phenolic OH excluding ortho intramolecular Hbond substituents is 1. The molecule has 2 aromatic carbocycles. The van der Waals surface area contributed by atoms with Crippen LogP contribution in [0, 0.1) is 0 Å². The van der Waals surface area contributed by atoms with Crippen molar-refractivity contribution in [2.24, 2.45) is 0 Å². The van der Waals surface area contributed by atoms with Gasteiger partial charge in [-0.1, -0.05) is 38.1 Å². The average Bonchev–Trinajstić information content (AvgIpc) is 2.37. The highest BCUT2D eigenvalue weighted by Gasteiger charge is 2.31. The van der Waals surface area contributed by atoms with E-state index in [-0.39, 0.29) is 11.7 Å². The van der Waals surface area contributed by atoms with Crippen molar-refractivity contribution in [3.8, 4) is 16.9 Å². The van der Waals surface area contributed by atoms with Crippen LogP contribution in [-0.2, 0) is 6.18 Å². The molecule has 0 bridgehead atoms. The van der Waals surface area contributed by atoms with Gasteiger partial charge in [0, 0.05) is 0 Å². The summed E-state index contributed by atoms with van der Waals surface area (Å²) in [5.41, 5.74) is 1.20. The van der Waals surface area contributed by atoms with Gasteiger partial charge in [0.05, 0.1) is 5.56 Å². The Hall–Kier alpha value is -1.97. The molecule has 0 saturated carbocycles. The van der Waals surface area contributed by atoms with Crippen molar-refractivity contribution >= 4 is 0 Å². The van der Waals surface area contributed by atoms with Gasteiger partial charge >= 0.3 is 6.18 Å². The maximum absolute atomic E-state index is 12.8. The minimum Gasteiger partial charge on any atom is -0.508 e. The molecule has 0 saturated heterocycles. The Balaban J connectivity index is 2.62. The standard InChI is InChI=1S/C16H15F3O/c1-10(2)14-5-3-4-6-15(14)11-7-12(16(17,18)19)9-13(20)8-11/h3-10,20H,1-2H3. The van der Waals surface area contributed by atoms with Crippen LogP contribution in [0.5, 0.6) is 5.75 Å². The first-order valence-electron chi connectivity index (χ1n) is 6.29. The first-order valence-corrected chi connectivity index (χ1v) is 6.29. The highest BCUT2D eigenvalue weighted by molar-refractivity contribution is 5.70. The van der Waals surface area contributed by atoms with Crippen molar-refractivity contribution in [2.75, 3.05) is 0 Å². The van der Waals surface area contributed by atoms with Crippen molar-refractivity contribution in [1.29, 1.82) is 0 Å². The molecule has 1 nitrogen and oxygen atoms in total. The molecule has 0 radical (unpaired) electrons. The van der Waals surface area contributed by atoms with Crippen LogP contribution in [0.25, 0.3) is 11.1 Å². The molecule has 2 rings (SSSR count). The zero-order valence-electron chi connectivity index (χ0n) is 11.2. The van der Waals surface area contributed by atoms with Crippen molar-refractivity contribution in [3.63, 3.8) is 0 Å². The number of phenols is 1. The molecule has 1 N–H and O–H groups in total. The maximum Gasteiger partial charge on any atom is 0.416 e. The number of hydrogen-bond acceptors (Lipinski definition) is 1. The number of alkyl halides is 3. The van der Waals surface area contributed by atoms with Gasteiger partial charge in [-0.2, -0.15) is 13.2 Å². The largest absolute Gasteiger partial charge is 0.508 e. The third-order valence-electron chi connectivity index (χ3n) is 3.14. The molecule has 20 heavy (non-hydrogen) atoms. The van der Waals surface area contributed by atoms with Crippen molar-refractivity contribution < 1.29 is 18.3 Å². The number of rotatable bonds is 2. The maximum atomic E-state index is 12.8.